The van der Waals surface area contributed by atoms with Crippen molar-refractivity contribution in [1.29, 1.82) is 0 Å². The molecule has 5 heteroatoms. The minimum Gasteiger partial charge on any atom is -0.372 e. The normalized spacial score (nSPS) is 13.5. The molecule has 1 unspecified atom stereocenters. The van der Waals surface area contributed by atoms with Crippen molar-refractivity contribution in [3.8, 4) is 0 Å². The Morgan fingerprint density at radius 1 is 1.27 bits per heavy atom. The fourth-order valence-corrected chi connectivity index (χ4v) is 2.68. The fourth-order valence-electron chi connectivity index (χ4n) is 2.09. The lowest BCUT2D eigenvalue weighted by atomic mass is 9.95. The maximum atomic E-state index is 12.2. The molecule has 116 valence electrons. The van der Waals surface area contributed by atoms with Crippen LogP contribution in [0, 0.1) is 0 Å². The summed E-state index contributed by atoms with van der Waals surface area (Å²) in [5.74, 6) is -0.147. The van der Waals surface area contributed by atoms with Crippen molar-refractivity contribution in [2.24, 2.45) is 0 Å². The van der Waals surface area contributed by atoms with E-state index in [4.69, 9.17) is 16.3 Å². The van der Waals surface area contributed by atoms with Gasteiger partial charge in [-0.15, -0.1) is 0 Å². The topological polar surface area (TPSA) is 38.3 Å². The van der Waals surface area contributed by atoms with Crippen molar-refractivity contribution in [3.63, 3.8) is 0 Å². The second-order valence-electron chi connectivity index (χ2n) is 5.14. The van der Waals surface area contributed by atoms with Gasteiger partial charge in [0, 0.05) is 22.2 Å². The van der Waals surface area contributed by atoms with Crippen molar-refractivity contribution in [3.05, 3.63) is 69.2 Å². The molecule has 2 aromatic carbocycles. The zero-order valence-corrected chi connectivity index (χ0v) is 14.7. The molecule has 0 radical (unpaired) electrons. The van der Waals surface area contributed by atoms with E-state index in [0.717, 1.165) is 10.0 Å². The van der Waals surface area contributed by atoms with E-state index in [1.165, 1.54) is 0 Å². The largest absolute Gasteiger partial charge is 0.372 e. The van der Waals surface area contributed by atoms with Crippen LogP contribution in [0.25, 0.3) is 0 Å². The van der Waals surface area contributed by atoms with E-state index in [0.29, 0.717) is 17.1 Å². The number of amides is 1. The van der Waals surface area contributed by atoms with Gasteiger partial charge in [0.2, 0.25) is 0 Å². The third kappa shape index (κ3) is 4.09. The van der Waals surface area contributed by atoms with E-state index in [2.05, 4.69) is 21.2 Å². The van der Waals surface area contributed by atoms with Gasteiger partial charge in [0.05, 0.1) is 6.54 Å². The molecule has 0 saturated heterocycles. The van der Waals surface area contributed by atoms with Crippen LogP contribution in [0.3, 0.4) is 0 Å². The summed E-state index contributed by atoms with van der Waals surface area (Å²) in [6, 6.07) is 14.7. The standard InChI is InChI=1S/C17H17BrClNO2/c1-17(22-2,13-6-4-8-15(19)10-13)11-20-16(21)12-5-3-7-14(18)9-12/h3-10H,11H2,1-2H3,(H,20,21). The number of nitrogens with one attached hydrogen (secondary N) is 1. The Bertz CT molecular complexity index is 677. The van der Waals surface area contributed by atoms with E-state index in [-0.39, 0.29) is 5.91 Å². The summed E-state index contributed by atoms with van der Waals surface area (Å²) in [6.07, 6.45) is 0. The monoisotopic (exact) mass is 381 g/mol. The Hall–Kier alpha value is -1.36. The highest BCUT2D eigenvalue weighted by Crippen LogP contribution is 2.26. The van der Waals surface area contributed by atoms with Crippen molar-refractivity contribution in [2.45, 2.75) is 12.5 Å². The molecule has 0 fully saturated rings. The van der Waals surface area contributed by atoms with Gasteiger partial charge >= 0.3 is 0 Å². The Kier molecular flexibility index (Phi) is 5.62. The summed E-state index contributed by atoms with van der Waals surface area (Å²) in [5.41, 5.74) is 0.864. The highest BCUT2D eigenvalue weighted by atomic mass is 79.9. The van der Waals surface area contributed by atoms with Gasteiger partial charge in [-0.2, -0.15) is 0 Å². The number of carbonyl (C=O) groups excluding carboxylic acids is 1. The number of methoxy groups -OCH3 is 1. The number of benzene rings is 2. The lowest BCUT2D eigenvalue weighted by Crippen LogP contribution is -2.40. The van der Waals surface area contributed by atoms with Crippen LogP contribution in [0.1, 0.15) is 22.8 Å². The van der Waals surface area contributed by atoms with Crippen LogP contribution >= 0.6 is 27.5 Å². The van der Waals surface area contributed by atoms with Crippen LogP contribution < -0.4 is 5.32 Å². The Morgan fingerprint density at radius 3 is 2.64 bits per heavy atom. The van der Waals surface area contributed by atoms with E-state index in [1.54, 1.807) is 25.3 Å². The summed E-state index contributed by atoms with van der Waals surface area (Å²) >= 11 is 9.40. The molecule has 0 heterocycles. The number of rotatable bonds is 5. The van der Waals surface area contributed by atoms with Gasteiger partial charge in [0.15, 0.2) is 0 Å². The smallest absolute Gasteiger partial charge is 0.251 e. The fraction of sp³-hybridized carbons (Fsp3) is 0.235. The van der Waals surface area contributed by atoms with Crippen LogP contribution in [0.15, 0.2) is 53.0 Å². The van der Waals surface area contributed by atoms with Gasteiger partial charge in [0.25, 0.3) is 5.91 Å². The molecule has 1 amide bonds. The molecule has 0 aromatic heterocycles. The molecule has 0 bridgehead atoms. The number of carbonyl (C=O) groups is 1. The molecule has 0 aliphatic heterocycles. The first-order valence-electron chi connectivity index (χ1n) is 6.79. The average Bonchev–Trinajstić information content (AvgIpc) is 2.52. The first-order valence-corrected chi connectivity index (χ1v) is 7.97. The summed E-state index contributed by atoms with van der Waals surface area (Å²) in [7, 11) is 1.62. The zero-order chi connectivity index (χ0) is 16.2. The van der Waals surface area contributed by atoms with Crippen LogP contribution in [-0.4, -0.2) is 19.6 Å². The molecule has 2 rings (SSSR count). The second-order valence-corrected chi connectivity index (χ2v) is 6.49. The third-order valence-electron chi connectivity index (χ3n) is 3.56. The molecule has 0 spiro atoms. The van der Waals surface area contributed by atoms with E-state index >= 15 is 0 Å². The minimum atomic E-state index is -0.646. The maximum absolute atomic E-state index is 12.2. The maximum Gasteiger partial charge on any atom is 0.251 e. The second kappa shape index (κ2) is 7.27. The summed E-state index contributed by atoms with van der Waals surface area (Å²) in [6.45, 7) is 2.26. The SMILES string of the molecule is COC(C)(CNC(=O)c1cccc(Br)c1)c1cccc(Cl)c1. The van der Waals surface area contributed by atoms with Crippen LogP contribution in [0.5, 0.6) is 0 Å². The zero-order valence-electron chi connectivity index (χ0n) is 12.4. The third-order valence-corrected chi connectivity index (χ3v) is 4.29. The molecule has 1 atom stereocenters. The van der Waals surface area contributed by atoms with Crippen molar-refractivity contribution in [2.75, 3.05) is 13.7 Å². The Morgan fingerprint density at radius 2 is 2.00 bits per heavy atom. The highest BCUT2D eigenvalue weighted by molar-refractivity contribution is 9.10. The van der Waals surface area contributed by atoms with Gasteiger partial charge in [0.1, 0.15) is 5.60 Å². The van der Waals surface area contributed by atoms with Crippen LogP contribution in [-0.2, 0) is 10.3 Å². The molecule has 3 nitrogen and oxygen atoms in total. The number of ether oxygens (including phenoxy) is 1. The van der Waals surface area contributed by atoms with Crippen molar-refractivity contribution >= 4 is 33.4 Å². The average molecular weight is 383 g/mol. The van der Waals surface area contributed by atoms with Crippen LogP contribution in [0.2, 0.25) is 5.02 Å². The molecule has 0 aliphatic rings. The molecular formula is C17H17BrClNO2. The first-order chi connectivity index (χ1) is 10.4. The predicted octanol–water partition coefficient (Wildman–Crippen LogP) is 4.39. The first kappa shape index (κ1) is 17.0. The molecule has 2 aromatic rings. The van der Waals surface area contributed by atoms with Crippen molar-refractivity contribution < 1.29 is 9.53 Å². The van der Waals surface area contributed by atoms with Gasteiger partial charge in [-0.25, -0.2) is 0 Å². The lowest BCUT2D eigenvalue weighted by Gasteiger charge is -2.29. The number of hydrogen-bond acceptors (Lipinski definition) is 2. The van der Waals surface area contributed by atoms with Crippen molar-refractivity contribution in [1.82, 2.24) is 5.32 Å². The quantitative estimate of drug-likeness (QED) is 0.832. The van der Waals surface area contributed by atoms with E-state index in [1.807, 2.05) is 37.3 Å². The molecule has 0 saturated carbocycles. The van der Waals surface area contributed by atoms with Crippen LogP contribution in [0.4, 0.5) is 0 Å². The summed E-state index contributed by atoms with van der Waals surface area (Å²) in [5, 5.41) is 3.55. The summed E-state index contributed by atoms with van der Waals surface area (Å²) < 4.78 is 6.47. The van der Waals surface area contributed by atoms with E-state index < -0.39 is 5.60 Å². The van der Waals surface area contributed by atoms with Gasteiger partial charge in [-0.05, 0) is 42.8 Å². The van der Waals surface area contributed by atoms with E-state index in [9.17, 15) is 4.79 Å². The van der Waals surface area contributed by atoms with Gasteiger partial charge in [-0.3, -0.25) is 4.79 Å². The predicted molar refractivity (Wildman–Crippen MR) is 92.3 cm³/mol. The van der Waals surface area contributed by atoms with Gasteiger partial charge < -0.3 is 10.1 Å². The minimum absolute atomic E-state index is 0.147. The summed E-state index contributed by atoms with van der Waals surface area (Å²) in [4.78, 5) is 12.2. The number of halogens is 2. The molecule has 1 N–H and O–H groups in total. The van der Waals surface area contributed by atoms with Gasteiger partial charge in [-0.1, -0.05) is 45.7 Å². The highest BCUT2D eigenvalue weighted by Gasteiger charge is 2.27. The Balaban J connectivity index is 2.12. The molecule has 0 aliphatic carbocycles. The lowest BCUT2D eigenvalue weighted by molar-refractivity contribution is 0.00315. The number of hydrogen-bond donors (Lipinski definition) is 1. The molecule has 22 heavy (non-hydrogen) atoms. The molecular weight excluding hydrogens is 366 g/mol. The Labute approximate surface area is 143 Å².